The molecule has 0 aromatic carbocycles. The minimum atomic E-state index is -0.119. The summed E-state index contributed by atoms with van der Waals surface area (Å²) in [6.07, 6.45) is 3.02. The summed E-state index contributed by atoms with van der Waals surface area (Å²) in [5, 5.41) is 3.24. The molecule has 0 radical (unpaired) electrons. The first-order valence-corrected chi connectivity index (χ1v) is 5.08. The summed E-state index contributed by atoms with van der Waals surface area (Å²) in [5.41, 5.74) is 6.13. The smallest absolute Gasteiger partial charge is 0.0606 e. The predicted octanol–water partition coefficient (Wildman–Crippen LogP) is 1.41. The van der Waals surface area contributed by atoms with Crippen LogP contribution in [0.15, 0.2) is 0 Å². The standard InChI is InChI=1S/C8H20N2S/c1-7(2,10-4)6-8(3,9)11-5/h10H,6,9H2,1-5H3. The van der Waals surface area contributed by atoms with Crippen LogP contribution < -0.4 is 11.1 Å². The fraction of sp³-hybridized carbons (Fsp3) is 1.00. The highest BCUT2D eigenvalue weighted by atomic mass is 32.2. The van der Waals surface area contributed by atoms with Crippen LogP contribution in [0.3, 0.4) is 0 Å². The van der Waals surface area contributed by atoms with E-state index in [1.807, 2.05) is 13.3 Å². The lowest BCUT2D eigenvalue weighted by Crippen LogP contribution is -2.46. The zero-order valence-electron chi connectivity index (χ0n) is 8.19. The average Bonchev–Trinajstić information content (AvgIpc) is 1.86. The van der Waals surface area contributed by atoms with Crippen molar-refractivity contribution < 1.29 is 0 Å². The van der Waals surface area contributed by atoms with Crippen molar-refractivity contribution in [2.45, 2.75) is 37.6 Å². The molecular formula is C8H20N2S. The second-order valence-corrected chi connectivity index (χ2v) is 5.17. The van der Waals surface area contributed by atoms with Crippen LogP contribution in [-0.2, 0) is 0 Å². The molecule has 0 saturated carbocycles. The minimum absolute atomic E-state index is 0.119. The molecule has 0 amide bonds. The fourth-order valence-corrected chi connectivity index (χ4v) is 1.54. The molecule has 3 heteroatoms. The van der Waals surface area contributed by atoms with Gasteiger partial charge in [0.05, 0.1) is 4.87 Å². The van der Waals surface area contributed by atoms with Gasteiger partial charge in [-0.3, -0.25) is 0 Å². The highest BCUT2D eigenvalue weighted by Gasteiger charge is 2.26. The Kier molecular flexibility index (Phi) is 3.88. The van der Waals surface area contributed by atoms with Crippen LogP contribution in [0.2, 0.25) is 0 Å². The largest absolute Gasteiger partial charge is 0.317 e. The molecular weight excluding hydrogens is 156 g/mol. The maximum atomic E-state index is 6.00. The predicted molar refractivity (Wildman–Crippen MR) is 53.9 cm³/mol. The quantitative estimate of drug-likeness (QED) is 0.636. The van der Waals surface area contributed by atoms with Crippen molar-refractivity contribution in [1.82, 2.24) is 5.32 Å². The summed E-state index contributed by atoms with van der Waals surface area (Å²) >= 11 is 1.71. The van der Waals surface area contributed by atoms with Crippen LogP contribution in [0.5, 0.6) is 0 Å². The van der Waals surface area contributed by atoms with Crippen molar-refractivity contribution in [1.29, 1.82) is 0 Å². The number of rotatable bonds is 4. The van der Waals surface area contributed by atoms with Gasteiger partial charge in [-0.2, -0.15) is 0 Å². The van der Waals surface area contributed by atoms with Gasteiger partial charge in [-0.25, -0.2) is 0 Å². The van der Waals surface area contributed by atoms with Crippen molar-refractivity contribution in [2.24, 2.45) is 5.73 Å². The molecule has 0 aliphatic rings. The van der Waals surface area contributed by atoms with E-state index in [1.54, 1.807) is 11.8 Å². The first kappa shape index (κ1) is 11.3. The second kappa shape index (κ2) is 3.78. The Labute approximate surface area is 74.3 Å². The molecule has 0 rings (SSSR count). The lowest BCUT2D eigenvalue weighted by atomic mass is 9.96. The topological polar surface area (TPSA) is 38.0 Å². The van der Waals surface area contributed by atoms with Crippen LogP contribution in [0, 0.1) is 0 Å². The summed E-state index contributed by atoms with van der Waals surface area (Å²) in [4.78, 5) is -0.119. The molecule has 3 N–H and O–H groups in total. The summed E-state index contributed by atoms with van der Waals surface area (Å²) in [7, 11) is 1.97. The number of hydrogen-bond acceptors (Lipinski definition) is 3. The Balaban J connectivity index is 4.02. The molecule has 0 aromatic rings. The first-order chi connectivity index (χ1) is 4.83. The van der Waals surface area contributed by atoms with Crippen molar-refractivity contribution >= 4 is 11.8 Å². The third-order valence-corrected chi connectivity index (χ3v) is 3.01. The maximum Gasteiger partial charge on any atom is 0.0606 e. The number of thioether (sulfide) groups is 1. The van der Waals surface area contributed by atoms with Gasteiger partial charge in [0.2, 0.25) is 0 Å². The van der Waals surface area contributed by atoms with Crippen LogP contribution in [-0.4, -0.2) is 23.7 Å². The third-order valence-electron chi connectivity index (χ3n) is 1.94. The minimum Gasteiger partial charge on any atom is -0.317 e. The molecule has 68 valence electrons. The lowest BCUT2D eigenvalue weighted by Gasteiger charge is -2.33. The zero-order chi connectivity index (χ0) is 9.12. The van der Waals surface area contributed by atoms with Crippen molar-refractivity contribution in [2.75, 3.05) is 13.3 Å². The highest BCUT2D eigenvalue weighted by Crippen LogP contribution is 2.25. The fourth-order valence-electron chi connectivity index (χ4n) is 1.04. The van der Waals surface area contributed by atoms with Gasteiger partial charge in [0.1, 0.15) is 0 Å². The van der Waals surface area contributed by atoms with E-state index in [0.29, 0.717) is 0 Å². The van der Waals surface area contributed by atoms with E-state index in [0.717, 1.165) is 6.42 Å². The highest BCUT2D eigenvalue weighted by molar-refractivity contribution is 7.99. The van der Waals surface area contributed by atoms with E-state index in [-0.39, 0.29) is 10.4 Å². The molecule has 1 atom stereocenters. The van der Waals surface area contributed by atoms with Gasteiger partial charge in [-0.05, 0) is 40.5 Å². The lowest BCUT2D eigenvalue weighted by molar-refractivity contribution is 0.352. The molecule has 11 heavy (non-hydrogen) atoms. The monoisotopic (exact) mass is 176 g/mol. The van der Waals surface area contributed by atoms with E-state index in [9.17, 15) is 0 Å². The Morgan fingerprint density at radius 2 is 1.82 bits per heavy atom. The van der Waals surface area contributed by atoms with Crippen LogP contribution in [0.4, 0.5) is 0 Å². The summed E-state index contributed by atoms with van der Waals surface area (Å²) in [5.74, 6) is 0. The van der Waals surface area contributed by atoms with Gasteiger partial charge in [0, 0.05) is 5.54 Å². The Bertz CT molecular complexity index is 107. The molecule has 0 fully saturated rings. The van der Waals surface area contributed by atoms with Crippen LogP contribution in [0.25, 0.3) is 0 Å². The molecule has 0 spiro atoms. The number of hydrogen-bond donors (Lipinski definition) is 2. The molecule has 0 aromatic heterocycles. The van der Waals surface area contributed by atoms with E-state index in [1.165, 1.54) is 0 Å². The van der Waals surface area contributed by atoms with E-state index in [4.69, 9.17) is 5.73 Å². The Hall–Kier alpha value is 0.270. The molecule has 2 nitrogen and oxygen atoms in total. The van der Waals surface area contributed by atoms with Gasteiger partial charge < -0.3 is 11.1 Å². The molecule has 0 bridgehead atoms. The Morgan fingerprint density at radius 1 is 1.36 bits per heavy atom. The summed E-state index contributed by atoms with van der Waals surface area (Å²) in [6.45, 7) is 6.39. The van der Waals surface area contributed by atoms with Crippen molar-refractivity contribution in [3.8, 4) is 0 Å². The van der Waals surface area contributed by atoms with Crippen LogP contribution >= 0.6 is 11.8 Å². The van der Waals surface area contributed by atoms with Gasteiger partial charge in [-0.15, -0.1) is 11.8 Å². The molecule has 0 aliphatic carbocycles. The molecule has 1 unspecified atom stereocenters. The summed E-state index contributed by atoms with van der Waals surface area (Å²) in [6, 6.07) is 0. The van der Waals surface area contributed by atoms with E-state index < -0.39 is 0 Å². The second-order valence-electron chi connectivity index (χ2n) is 3.83. The Morgan fingerprint density at radius 3 is 2.09 bits per heavy atom. The van der Waals surface area contributed by atoms with Gasteiger partial charge in [0.25, 0.3) is 0 Å². The molecule has 0 aliphatic heterocycles. The zero-order valence-corrected chi connectivity index (χ0v) is 9.01. The van der Waals surface area contributed by atoms with Crippen molar-refractivity contribution in [3.05, 3.63) is 0 Å². The van der Waals surface area contributed by atoms with E-state index >= 15 is 0 Å². The summed E-state index contributed by atoms with van der Waals surface area (Å²) < 4.78 is 0. The maximum absolute atomic E-state index is 6.00. The van der Waals surface area contributed by atoms with Crippen LogP contribution in [0.1, 0.15) is 27.2 Å². The SMILES string of the molecule is CNC(C)(C)CC(C)(N)SC. The van der Waals surface area contributed by atoms with Gasteiger partial charge in [-0.1, -0.05) is 0 Å². The van der Waals surface area contributed by atoms with E-state index in [2.05, 4.69) is 26.1 Å². The number of nitrogens with one attached hydrogen (secondary N) is 1. The first-order valence-electron chi connectivity index (χ1n) is 3.86. The number of nitrogens with two attached hydrogens (primary N) is 1. The third kappa shape index (κ3) is 4.67. The molecule has 0 saturated heterocycles. The van der Waals surface area contributed by atoms with Crippen molar-refractivity contribution in [3.63, 3.8) is 0 Å². The average molecular weight is 176 g/mol. The van der Waals surface area contributed by atoms with Gasteiger partial charge >= 0.3 is 0 Å². The molecule has 0 heterocycles. The normalized spacial score (nSPS) is 18.0. The van der Waals surface area contributed by atoms with Gasteiger partial charge in [0.15, 0.2) is 0 Å².